The molecule has 0 bridgehead atoms. The first-order chi connectivity index (χ1) is 10.2. The molecule has 2 aromatic heterocycles. The standard InChI is InChI=1S/C15H15N3O3/c16-11-4-1-5-12(10-11)20-9-3-8-18-14-13(21-15(18)19)6-2-7-17-14/h1-2,4-7,10H,3,8-9,16H2. The van der Waals surface area contributed by atoms with Gasteiger partial charge in [0.15, 0.2) is 11.2 Å². The minimum absolute atomic E-state index is 0.396. The number of ether oxygens (including phenoxy) is 1. The van der Waals surface area contributed by atoms with Gasteiger partial charge in [-0.05, 0) is 30.7 Å². The summed E-state index contributed by atoms with van der Waals surface area (Å²) in [6.07, 6.45) is 2.30. The monoisotopic (exact) mass is 285 g/mol. The van der Waals surface area contributed by atoms with Gasteiger partial charge in [-0.25, -0.2) is 9.78 Å². The molecule has 0 aliphatic heterocycles. The van der Waals surface area contributed by atoms with Crippen molar-refractivity contribution in [2.45, 2.75) is 13.0 Å². The van der Waals surface area contributed by atoms with Crippen LogP contribution in [0.2, 0.25) is 0 Å². The molecule has 0 aliphatic carbocycles. The fourth-order valence-electron chi connectivity index (χ4n) is 2.11. The third-order valence-corrected chi connectivity index (χ3v) is 3.08. The number of oxazole rings is 1. The Morgan fingerprint density at radius 2 is 2.19 bits per heavy atom. The number of nitrogens with zero attached hydrogens (tertiary/aromatic N) is 2. The van der Waals surface area contributed by atoms with Crippen LogP contribution in [0.4, 0.5) is 5.69 Å². The van der Waals surface area contributed by atoms with E-state index in [9.17, 15) is 4.79 Å². The van der Waals surface area contributed by atoms with Gasteiger partial charge in [0.1, 0.15) is 5.75 Å². The fraction of sp³-hybridized carbons (Fsp3) is 0.200. The van der Waals surface area contributed by atoms with Gasteiger partial charge in [0.2, 0.25) is 0 Å². The lowest BCUT2D eigenvalue weighted by Crippen LogP contribution is -2.16. The van der Waals surface area contributed by atoms with Gasteiger partial charge < -0.3 is 14.9 Å². The van der Waals surface area contributed by atoms with E-state index in [0.717, 1.165) is 5.75 Å². The number of nitrogens with two attached hydrogens (primary N) is 1. The smallest absolute Gasteiger partial charge is 0.421 e. The van der Waals surface area contributed by atoms with E-state index >= 15 is 0 Å². The topological polar surface area (TPSA) is 83.3 Å². The molecule has 2 heterocycles. The fourth-order valence-corrected chi connectivity index (χ4v) is 2.11. The lowest BCUT2D eigenvalue weighted by atomic mass is 10.3. The molecule has 3 aromatic rings. The summed E-state index contributed by atoms with van der Waals surface area (Å²) in [6.45, 7) is 0.973. The Hall–Kier alpha value is -2.76. The summed E-state index contributed by atoms with van der Waals surface area (Å²) >= 11 is 0. The molecule has 0 saturated carbocycles. The molecule has 0 atom stereocenters. The van der Waals surface area contributed by atoms with Crippen molar-refractivity contribution in [3.8, 4) is 5.75 Å². The van der Waals surface area contributed by atoms with Crippen LogP contribution in [-0.2, 0) is 6.54 Å². The van der Waals surface area contributed by atoms with Crippen molar-refractivity contribution in [1.82, 2.24) is 9.55 Å². The SMILES string of the molecule is Nc1cccc(OCCCn2c(=O)oc3cccnc32)c1. The predicted octanol–water partition coefficient (Wildman–Crippen LogP) is 2.04. The third kappa shape index (κ3) is 2.89. The molecule has 0 spiro atoms. The molecule has 6 heteroatoms. The maximum atomic E-state index is 11.7. The van der Waals surface area contributed by atoms with Crippen LogP contribution >= 0.6 is 0 Å². The van der Waals surface area contributed by atoms with Crippen molar-refractivity contribution in [3.63, 3.8) is 0 Å². The second-order valence-corrected chi connectivity index (χ2v) is 4.62. The van der Waals surface area contributed by atoms with Crippen LogP contribution in [0.3, 0.4) is 0 Å². The van der Waals surface area contributed by atoms with Crippen molar-refractivity contribution >= 4 is 16.9 Å². The molecular formula is C15H15N3O3. The molecule has 0 amide bonds. The van der Waals surface area contributed by atoms with Gasteiger partial charge in [0.25, 0.3) is 0 Å². The Labute approximate surface area is 120 Å². The second kappa shape index (κ2) is 5.70. The summed E-state index contributed by atoms with van der Waals surface area (Å²) in [5.74, 6) is 0.324. The molecule has 0 unspecified atom stereocenters. The van der Waals surface area contributed by atoms with Gasteiger partial charge in [-0.3, -0.25) is 4.57 Å². The number of pyridine rings is 1. The van der Waals surface area contributed by atoms with E-state index in [4.69, 9.17) is 14.9 Å². The van der Waals surface area contributed by atoms with Crippen molar-refractivity contribution in [2.24, 2.45) is 0 Å². The molecule has 0 aliphatic rings. The second-order valence-electron chi connectivity index (χ2n) is 4.62. The number of hydrogen-bond acceptors (Lipinski definition) is 5. The summed E-state index contributed by atoms with van der Waals surface area (Å²) in [5, 5.41) is 0. The third-order valence-electron chi connectivity index (χ3n) is 3.08. The number of hydrogen-bond donors (Lipinski definition) is 1. The molecule has 21 heavy (non-hydrogen) atoms. The van der Waals surface area contributed by atoms with Crippen molar-refractivity contribution in [3.05, 3.63) is 53.1 Å². The van der Waals surface area contributed by atoms with Gasteiger partial charge in [-0.2, -0.15) is 0 Å². The van der Waals surface area contributed by atoms with E-state index in [2.05, 4.69) is 4.98 Å². The van der Waals surface area contributed by atoms with Gasteiger partial charge in [0.05, 0.1) is 6.61 Å². The first-order valence-electron chi connectivity index (χ1n) is 6.67. The van der Waals surface area contributed by atoms with E-state index < -0.39 is 5.76 Å². The number of rotatable bonds is 5. The minimum Gasteiger partial charge on any atom is -0.493 e. The first-order valence-corrected chi connectivity index (χ1v) is 6.67. The largest absolute Gasteiger partial charge is 0.493 e. The molecule has 108 valence electrons. The number of aromatic nitrogens is 2. The zero-order chi connectivity index (χ0) is 14.7. The Balaban J connectivity index is 1.62. The highest BCUT2D eigenvalue weighted by atomic mass is 16.5. The first kappa shape index (κ1) is 13.2. The summed E-state index contributed by atoms with van der Waals surface area (Å²) in [7, 11) is 0. The zero-order valence-electron chi connectivity index (χ0n) is 11.4. The van der Waals surface area contributed by atoms with Gasteiger partial charge in [-0.15, -0.1) is 0 Å². The quantitative estimate of drug-likeness (QED) is 0.573. The molecule has 1 aromatic carbocycles. The number of aryl methyl sites for hydroxylation is 1. The highest BCUT2D eigenvalue weighted by molar-refractivity contribution is 5.67. The maximum Gasteiger partial charge on any atom is 0.421 e. The van der Waals surface area contributed by atoms with Crippen LogP contribution in [0.15, 0.2) is 51.8 Å². The Bertz CT molecular complexity index is 807. The Kier molecular flexibility index (Phi) is 3.59. The summed E-state index contributed by atoms with van der Waals surface area (Å²) < 4.78 is 12.2. The number of nitrogen functional groups attached to an aromatic ring is 1. The zero-order valence-corrected chi connectivity index (χ0v) is 11.4. The number of anilines is 1. The van der Waals surface area contributed by atoms with E-state index in [-0.39, 0.29) is 0 Å². The molecule has 3 rings (SSSR count). The normalized spacial score (nSPS) is 10.9. The summed E-state index contributed by atoms with van der Waals surface area (Å²) in [5.41, 5.74) is 7.40. The minimum atomic E-state index is -0.396. The van der Waals surface area contributed by atoms with Crippen molar-refractivity contribution < 1.29 is 9.15 Å². The predicted molar refractivity (Wildman–Crippen MR) is 79.2 cm³/mol. The van der Waals surface area contributed by atoms with E-state index in [1.54, 1.807) is 30.5 Å². The van der Waals surface area contributed by atoms with Gasteiger partial charge >= 0.3 is 5.76 Å². The molecular weight excluding hydrogens is 270 g/mol. The van der Waals surface area contributed by atoms with Crippen LogP contribution in [0.25, 0.3) is 11.2 Å². The molecule has 6 nitrogen and oxygen atoms in total. The van der Waals surface area contributed by atoms with Crippen LogP contribution < -0.4 is 16.2 Å². The molecule has 2 N–H and O–H groups in total. The van der Waals surface area contributed by atoms with E-state index in [0.29, 0.717) is 36.5 Å². The summed E-state index contributed by atoms with van der Waals surface area (Å²) in [6, 6.07) is 10.7. The van der Waals surface area contributed by atoms with E-state index in [1.807, 2.05) is 12.1 Å². The van der Waals surface area contributed by atoms with Crippen LogP contribution in [0, 0.1) is 0 Å². The lowest BCUT2D eigenvalue weighted by Gasteiger charge is -2.06. The van der Waals surface area contributed by atoms with Crippen molar-refractivity contribution in [1.29, 1.82) is 0 Å². The Morgan fingerprint density at radius 1 is 1.29 bits per heavy atom. The van der Waals surface area contributed by atoms with Crippen LogP contribution in [0.5, 0.6) is 5.75 Å². The average molecular weight is 285 g/mol. The number of benzene rings is 1. The summed E-state index contributed by atoms with van der Waals surface area (Å²) in [4.78, 5) is 15.9. The van der Waals surface area contributed by atoms with Gasteiger partial charge in [-0.1, -0.05) is 6.07 Å². The van der Waals surface area contributed by atoms with E-state index in [1.165, 1.54) is 4.57 Å². The molecule has 0 fully saturated rings. The van der Waals surface area contributed by atoms with Crippen LogP contribution in [-0.4, -0.2) is 16.2 Å². The Morgan fingerprint density at radius 3 is 3.05 bits per heavy atom. The highest BCUT2D eigenvalue weighted by Crippen LogP contribution is 2.15. The average Bonchev–Trinajstić information content (AvgIpc) is 2.79. The number of fused-ring (bicyclic) bond motifs is 1. The highest BCUT2D eigenvalue weighted by Gasteiger charge is 2.09. The van der Waals surface area contributed by atoms with Crippen LogP contribution in [0.1, 0.15) is 6.42 Å². The lowest BCUT2D eigenvalue weighted by molar-refractivity contribution is 0.300. The van der Waals surface area contributed by atoms with Crippen molar-refractivity contribution in [2.75, 3.05) is 12.3 Å². The molecule has 0 radical (unpaired) electrons. The van der Waals surface area contributed by atoms with Gasteiger partial charge in [0, 0.05) is 24.5 Å². The maximum absolute atomic E-state index is 11.7. The molecule has 0 saturated heterocycles.